The lowest BCUT2D eigenvalue weighted by Crippen LogP contribution is -2.28. The predicted octanol–water partition coefficient (Wildman–Crippen LogP) is 5.19. The van der Waals surface area contributed by atoms with Crippen LogP contribution in [-0.2, 0) is 6.54 Å². The van der Waals surface area contributed by atoms with E-state index in [-0.39, 0.29) is 6.03 Å². The van der Waals surface area contributed by atoms with Gasteiger partial charge in [-0.15, -0.1) is 23.5 Å². The maximum atomic E-state index is 12.1. The fourth-order valence-electron chi connectivity index (χ4n) is 2.51. The summed E-state index contributed by atoms with van der Waals surface area (Å²) in [5.41, 5.74) is 4.44. The van der Waals surface area contributed by atoms with E-state index in [1.807, 2.05) is 47.8 Å². The Morgan fingerprint density at radius 3 is 2.62 bits per heavy atom. The molecule has 0 saturated carbocycles. The maximum Gasteiger partial charge on any atom is 0.319 e. The monoisotopic (exact) mass is 358 g/mol. The number of thioether (sulfide) groups is 2. The first-order chi connectivity index (χ1) is 11.7. The van der Waals surface area contributed by atoms with Crippen LogP contribution in [0.5, 0.6) is 0 Å². The van der Waals surface area contributed by atoms with Gasteiger partial charge in [-0.05, 0) is 48.1 Å². The van der Waals surface area contributed by atoms with Crippen LogP contribution in [0.15, 0.2) is 48.5 Å². The summed E-state index contributed by atoms with van der Waals surface area (Å²) in [5.74, 6) is 2.43. The molecule has 126 valence electrons. The first-order valence-corrected chi connectivity index (χ1v) is 10.2. The molecule has 5 heteroatoms. The quantitative estimate of drug-likeness (QED) is 0.791. The highest BCUT2D eigenvalue weighted by Gasteiger charge is 2.16. The molecule has 0 aliphatic carbocycles. The van der Waals surface area contributed by atoms with Crippen molar-refractivity contribution in [1.82, 2.24) is 5.32 Å². The zero-order chi connectivity index (χ0) is 16.8. The van der Waals surface area contributed by atoms with Gasteiger partial charge in [0.15, 0.2) is 0 Å². The van der Waals surface area contributed by atoms with E-state index in [0.29, 0.717) is 11.1 Å². The number of carbonyl (C=O) groups is 1. The Labute approximate surface area is 152 Å². The zero-order valence-electron chi connectivity index (χ0n) is 13.7. The fraction of sp³-hybridized carbons (Fsp3) is 0.316. The number of rotatable bonds is 4. The predicted molar refractivity (Wildman–Crippen MR) is 106 cm³/mol. The van der Waals surface area contributed by atoms with Crippen molar-refractivity contribution in [2.24, 2.45) is 0 Å². The van der Waals surface area contributed by atoms with E-state index >= 15 is 0 Å². The Hall–Kier alpha value is -1.59. The van der Waals surface area contributed by atoms with Crippen molar-refractivity contribution >= 4 is 35.2 Å². The van der Waals surface area contributed by atoms with Crippen LogP contribution in [-0.4, -0.2) is 17.5 Å². The van der Waals surface area contributed by atoms with Crippen LogP contribution in [0.25, 0.3) is 0 Å². The van der Waals surface area contributed by atoms with Crippen molar-refractivity contribution in [3.8, 4) is 0 Å². The van der Waals surface area contributed by atoms with Crippen LogP contribution in [0.1, 0.15) is 27.7 Å². The van der Waals surface area contributed by atoms with E-state index in [0.717, 1.165) is 11.3 Å². The molecule has 24 heavy (non-hydrogen) atoms. The van der Waals surface area contributed by atoms with Gasteiger partial charge < -0.3 is 10.6 Å². The molecule has 1 aliphatic rings. The lowest BCUT2D eigenvalue weighted by atomic mass is 10.1. The summed E-state index contributed by atoms with van der Waals surface area (Å²) in [7, 11) is 0. The molecule has 0 spiro atoms. The molecule has 1 saturated heterocycles. The van der Waals surface area contributed by atoms with Gasteiger partial charge in [0.1, 0.15) is 0 Å². The molecule has 1 heterocycles. The summed E-state index contributed by atoms with van der Waals surface area (Å²) >= 11 is 3.97. The number of urea groups is 1. The topological polar surface area (TPSA) is 41.1 Å². The maximum absolute atomic E-state index is 12.1. The second-order valence-electron chi connectivity index (χ2n) is 5.85. The second kappa shape index (κ2) is 8.49. The van der Waals surface area contributed by atoms with Gasteiger partial charge in [0.25, 0.3) is 0 Å². The van der Waals surface area contributed by atoms with Crippen LogP contribution in [0.4, 0.5) is 10.5 Å². The number of anilines is 1. The number of nitrogens with one attached hydrogen (secondary N) is 2. The number of amides is 2. The Bertz CT molecular complexity index is 682. The number of carbonyl (C=O) groups excluding carboxylic acids is 1. The van der Waals surface area contributed by atoms with E-state index in [9.17, 15) is 4.79 Å². The van der Waals surface area contributed by atoms with Gasteiger partial charge in [0.05, 0.1) is 4.58 Å². The van der Waals surface area contributed by atoms with Crippen LogP contribution in [0, 0.1) is 6.92 Å². The molecule has 0 radical (unpaired) electrons. The third-order valence-electron chi connectivity index (χ3n) is 3.82. The highest BCUT2D eigenvalue weighted by Crippen LogP contribution is 2.43. The minimum absolute atomic E-state index is 0.170. The second-order valence-corrected chi connectivity index (χ2v) is 8.57. The Morgan fingerprint density at radius 2 is 1.88 bits per heavy atom. The molecule has 2 aromatic rings. The van der Waals surface area contributed by atoms with E-state index in [1.54, 1.807) is 0 Å². The molecule has 2 aromatic carbocycles. The Morgan fingerprint density at radius 1 is 1.12 bits per heavy atom. The highest BCUT2D eigenvalue weighted by atomic mass is 32.2. The van der Waals surface area contributed by atoms with Crippen LogP contribution >= 0.6 is 23.5 Å². The van der Waals surface area contributed by atoms with Crippen LogP contribution in [0.3, 0.4) is 0 Å². The Balaban J connectivity index is 1.55. The molecule has 2 amide bonds. The molecule has 0 atom stereocenters. The standard InChI is InChI=1S/C19H22N2OS2/c1-14-6-8-15(9-7-14)13-20-19(22)21-17-5-2-4-16(12-17)18-23-10-3-11-24-18/h2,4-9,12,18H,3,10-11,13H2,1H3,(H2,20,21,22). The molecule has 3 nitrogen and oxygen atoms in total. The van der Waals surface area contributed by atoms with Crippen molar-refractivity contribution < 1.29 is 4.79 Å². The normalized spacial score (nSPS) is 15.0. The average Bonchev–Trinajstić information content (AvgIpc) is 2.62. The van der Waals surface area contributed by atoms with Gasteiger partial charge in [0.2, 0.25) is 0 Å². The van der Waals surface area contributed by atoms with Crippen molar-refractivity contribution in [1.29, 1.82) is 0 Å². The number of benzene rings is 2. The van der Waals surface area contributed by atoms with Gasteiger partial charge in [-0.2, -0.15) is 0 Å². The molecule has 3 rings (SSSR count). The smallest absolute Gasteiger partial charge is 0.319 e. The summed E-state index contributed by atoms with van der Waals surface area (Å²) in [6.07, 6.45) is 1.28. The van der Waals surface area contributed by atoms with Gasteiger partial charge in [-0.1, -0.05) is 42.0 Å². The number of hydrogen-bond donors (Lipinski definition) is 2. The molecule has 0 aromatic heterocycles. The van der Waals surface area contributed by atoms with Crippen LogP contribution < -0.4 is 10.6 Å². The highest BCUT2D eigenvalue weighted by molar-refractivity contribution is 8.16. The zero-order valence-corrected chi connectivity index (χ0v) is 15.4. The fourth-order valence-corrected chi connectivity index (χ4v) is 5.38. The van der Waals surface area contributed by atoms with E-state index in [4.69, 9.17) is 0 Å². The van der Waals surface area contributed by atoms with Crippen molar-refractivity contribution in [3.05, 3.63) is 65.2 Å². The Kier molecular flexibility index (Phi) is 6.10. The van der Waals surface area contributed by atoms with Crippen molar-refractivity contribution in [3.63, 3.8) is 0 Å². The summed E-state index contributed by atoms with van der Waals surface area (Å²) in [5, 5.41) is 5.84. The molecule has 2 N–H and O–H groups in total. The van der Waals surface area contributed by atoms with Crippen molar-refractivity contribution in [2.45, 2.75) is 24.5 Å². The molecule has 0 unspecified atom stereocenters. The summed E-state index contributed by atoms with van der Waals surface area (Å²) in [6, 6.07) is 16.2. The van der Waals surface area contributed by atoms with Gasteiger partial charge in [-0.3, -0.25) is 0 Å². The van der Waals surface area contributed by atoms with E-state index in [2.05, 4.69) is 41.8 Å². The summed E-state index contributed by atoms with van der Waals surface area (Å²) in [6.45, 7) is 2.58. The van der Waals surface area contributed by atoms with Gasteiger partial charge >= 0.3 is 6.03 Å². The van der Waals surface area contributed by atoms with E-state index < -0.39 is 0 Å². The summed E-state index contributed by atoms with van der Waals surface area (Å²) in [4.78, 5) is 12.1. The lowest BCUT2D eigenvalue weighted by molar-refractivity contribution is 0.251. The SMILES string of the molecule is Cc1ccc(CNC(=O)Nc2cccc(C3SCCCS3)c2)cc1. The number of aryl methyl sites for hydroxylation is 1. The summed E-state index contributed by atoms with van der Waals surface area (Å²) < 4.78 is 0.483. The number of hydrogen-bond acceptors (Lipinski definition) is 3. The minimum Gasteiger partial charge on any atom is -0.334 e. The largest absolute Gasteiger partial charge is 0.334 e. The third kappa shape index (κ3) is 4.95. The third-order valence-corrected chi connectivity index (χ3v) is 6.83. The first kappa shape index (κ1) is 17.2. The van der Waals surface area contributed by atoms with Gasteiger partial charge in [-0.25, -0.2) is 4.79 Å². The molecule has 0 bridgehead atoms. The van der Waals surface area contributed by atoms with Gasteiger partial charge in [0, 0.05) is 12.2 Å². The molecule has 1 aliphatic heterocycles. The van der Waals surface area contributed by atoms with Crippen molar-refractivity contribution in [2.75, 3.05) is 16.8 Å². The lowest BCUT2D eigenvalue weighted by Gasteiger charge is -2.21. The van der Waals surface area contributed by atoms with E-state index in [1.165, 1.54) is 29.1 Å². The molecular formula is C19H22N2OS2. The minimum atomic E-state index is -0.170. The first-order valence-electron chi connectivity index (χ1n) is 8.14. The molecular weight excluding hydrogens is 336 g/mol. The molecule has 1 fully saturated rings. The average molecular weight is 359 g/mol. The van der Waals surface area contributed by atoms with Crippen LogP contribution in [0.2, 0.25) is 0 Å².